The van der Waals surface area contributed by atoms with Gasteiger partial charge in [0.1, 0.15) is 5.82 Å². The predicted molar refractivity (Wildman–Crippen MR) is 64.8 cm³/mol. The second kappa shape index (κ2) is 4.74. The molecule has 1 aromatic heterocycles. The smallest absolute Gasteiger partial charge is 0.305 e. The van der Waals surface area contributed by atoms with Crippen LogP contribution >= 0.6 is 11.8 Å². The number of aromatic nitrogens is 1. The van der Waals surface area contributed by atoms with Crippen molar-refractivity contribution in [3.63, 3.8) is 0 Å². The fourth-order valence-corrected chi connectivity index (χ4v) is 2.65. The first-order chi connectivity index (χ1) is 7.66. The van der Waals surface area contributed by atoms with E-state index in [4.69, 9.17) is 5.11 Å². The number of pyridine rings is 1. The highest BCUT2D eigenvalue weighted by Gasteiger charge is 2.14. The van der Waals surface area contributed by atoms with Crippen LogP contribution in [0.15, 0.2) is 12.1 Å². The number of nitrogens with zero attached hydrogens (tertiary/aromatic N) is 2. The summed E-state index contributed by atoms with van der Waals surface area (Å²) in [6, 6.07) is 4.06. The van der Waals surface area contributed by atoms with Crippen molar-refractivity contribution in [1.29, 1.82) is 0 Å². The highest BCUT2D eigenvalue weighted by molar-refractivity contribution is 7.98. The van der Waals surface area contributed by atoms with E-state index in [-0.39, 0.29) is 6.42 Å². The van der Waals surface area contributed by atoms with Crippen LogP contribution < -0.4 is 4.90 Å². The fraction of sp³-hybridized carbons (Fsp3) is 0.455. The summed E-state index contributed by atoms with van der Waals surface area (Å²) in [4.78, 5) is 16.9. The van der Waals surface area contributed by atoms with E-state index in [9.17, 15) is 4.79 Å². The monoisotopic (exact) mass is 238 g/mol. The zero-order valence-electron chi connectivity index (χ0n) is 9.14. The quantitative estimate of drug-likeness (QED) is 0.866. The Balaban J connectivity index is 2.06. The highest BCUT2D eigenvalue weighted by atomic mass is 32.2. The summed E-state index contributed by atoms with van der Waals surface area (Å²) < 4.78 is 0. The maximum atomic E-state index is 10.5. The van der Waals surface area contributed by atoms with Gasteiger partial charge in [-0.25, -0.2) is 4.98 Å². The summed E-state index contributed by atoms with van der Waals surface area (Å²) >= 11 is 1.87. The molecule has 0 aliphatic carbocycles. The molecule has 0 radical (unpaired) electrons. The van der Waals surface area contributed by atoms with Crippen molar-refractivity contribution in [1.82, 2.24) is 4.98 Å². The van der Waals surface area contributed by atoms with Gasteiger partial charge in [-0.2, -0.15) is 11.8 Å². The van der Waals surface area contributed by atoms with Crippen LogP contribution in [0.2, 0.25) is 0 Å². The van der Waals surface area contributed by atoms with Gasteiger partial charge in [-0.1, -0.05) is 6.07 Å². The molecule has 0 bridgehead atoms. The van der Waals surface area contributed by atoms with Crippen molar-refractivity contribution in [3.05, 3.63) is 23.4 Å². The molecule has 0 fully saturated rings. The van der Waals surface area contributed by atoms with E-state index >= 15 is 0 Å². The molecule has 16 heavy (non-hydrogen) atoms. The Morgan fingerprint density at radius 1 is 1.56 bits per heavy atom. The minimum Gasteiger partial charge on any atom is -0.481 e. The SMILES string of the molecule is CN(CCC(=O)O)c1ccc2c(n1)CSC2. The number of carbonyl (C=O) groups is 1. The maximum absolute atomic E-state index is 10.5. The molecule has 1 aliphatic rings. The van der Waals surface area contributed by atoms with Crippen molar-refractivity contribution >= 4 is 23.5 Å². The van der Waals surface area contributed by atoms with Crippen LogP contribution in [-0.2, 0) is 16.3 Å². The lowest BCUT2D eigenvalue weighted by Gasteiger charge is -2.17. The van der Waals surface area contributed by atoms with E-state index in [1.54, 1.807) is 0 Å². The molecule has 0 atom stereocenters. The lowest BCUT2D eigenvalue weighted by Crippen LogP contribution is -2.22. The summed E-state index contributed by atoms with van der Waals surface area (Å²) in [6.45, 7) is 0.494. The molecule has 1 N–H and O–H groups in total. The molecule has 0 amide bonds. The van der Waals surface area contributed by atoms with E-state index in [1.165, 1.54) is 5.56 Å². The van der Waals surface area contributed by atoms with Gasteiger partial charge in [-0.05, 0) is 11.6 Å². The average Bonchev–Trinajstić information content (AvgIpc) is 2.72. The van der Waals surface area contributed by atoms with Gasteiger partial charge >= 0.3 is 5.97 Å². The molecule has 0 unspecified atom stereocenters. The predicted octanol–water partition coefficient (Wildman–Crippen LogP) is 1.74. The Hall–Kier alpha value is -1.23. The first-order valence-corrected chi connectivity index (χ1v) is 6.32. The van der Waals surface area contributed by atoms with Gasteiger partial charge in [-0.3, -0.25) is 4.79 Å². The number of fused-ring (bicyclic) bond motifs is 1. The maximum Gasteiger partial charge on any atom is 0.305 e. The zero-order chi connectivity index (χ0) is 11.5. The van der Waals surface area contributed by atoms with Gasteiger partial charge in [0, 0.05) is 25.1 Å². The Bertz CT molecular complexity index is 409. The molecule has 2 rings (SSSR count). The number of hydrogen-bond donors (Lipinski definition) is 1. The van der Waals surface area contributed by atoms with Crippen LogP contribution in [0.4, 0.5) is 5.82 Å². The first kappa shape index (κ1) is 11.3. The molecule has 5 heteroatoms. The molecule has 2 heterocycles. The van der Waals surface area contributed by atoms with Crippen LogP contribution in [-0.4, -0.2) is 29.7 Å². The average molecular weight is 238 g/mol. The minimum atomic E-state index is -0.774. The Kier molecular flexibility index (Phi) is 3.33. The second-order valence-corrected chi connectivity index (χ2v) is 4.82. The molecule has 0 saturated heterocycles. The first-order valence-electron chi connectivity index (χ1n) is 5.16. The van der Waals surface area contributed by atoms with Crippen molar-refractivity contribution in [2.75, 3.05) is 18.5 Å². The van der Waals surface area contributed by atoms with Gasteiger partial charge in [-0.15, -0.1) is 0 Å². The number of aliphatic carboxylic acids is 1. The normalized spacial score (nSPS) is 13.6. The summed E-state index contributed by atoms with van der Waals surface area (Å²) in [7, 11) is 1.87. The van der Waals surface area contributed by atoms with Gasteiger partial charge < -0.3 is 10.0 Å². The minimum absolute atomic E-state index is 0.143. The fourth-order valence-electron chi connectivity index (χ4n) is 1.62. The summed E-state index contributed by atoms with van der Waals surface area (Å²) in [5.74, 6) is 2.10. The zero-order valence-corrected chi connectivity index (χ0v) is 9.96. The largest absolute Gasteiger partial charge is 0.481 e. The van der Waals surface area contributed by atoms with Crippen molar-refractivity contribution in [2.45, 2.75) is 17.9 Å². The molecule has 1 aromatic rings. The molecule has 1 aliphatic heterocycles. The summed E-state index contributed by atoms with van der Waals surface area (Å²) in [5.41, 5.74) is 2.45. The summed E-state index contributed by atoms with van der Waals surface area (Å²) in [5, 5.41) is 8.61. The van der Waals surface area contributed by atoms with E-state index in [2.05, 4.69) is 11.1 Å². The number of carboxylic acids is 1. The van der Waals surface area contributed by atoms with Crippen molar-refractivity contribution in [2.24, 2.45) is 0 Å². The van der Waals surface area contributed by atoms with Crippen molar-refractivity contribution in [3.8, 4) is 0 Å². The topological polar surface area (TPSA) is 53.4 Å². The van der Waals surface area contributed by atoms with Crippen LogP contribution in [0.3, 0.4) is 0 Å². The van der Waals surface area contributed by atoms with Crippen molar-refractivity contribution < 1.29 is 9.90 Å². The molecular formula is C11H14N2O2S. The second-order valence-electron chi connectivity index (χ2n) is 3.83. The van der Waals surface area contributed by atoms with Gasteiger partial charge in [0.25, 0.3) is 0 Å². The summed E-state index contributed by atoms with van der Waals surface area (Å²) in [6.07, 6.45) is 0.143. The lowest BCUT2D eigenvalue weighted by atomic mass is 10.2. The molecule has 4 nitrogen and oxygen atoms in total. The van der Waals surface area contributed by atoms with E-state index in [1.807, 2.05) is 29.8 Å². The van der Waals surface area contributed by atoms with Gasteiger partial charge in [0.2, 0.25) is 0 Å². The lowest BCUT2D eigenvalue weighted by molar-refractivity contribution is -0.136. The van der Waals surface area contributed by atoms with Gasteiger partial charge in [0.05, 0.1) is 12.1 Å². The number of anilines is 1. The third-order valence-corrected chi connectivity index (χ3v) is 3.59. The number of thioether (sulfide) groups is 1. The van der Waals surface area contributed by atoms with E-state index in [0.717, 1.165) is 23.0 Å². The Labute approximate surface area is 98.7 Å². The molecule has 0 spiro atoms. The van der Waals surface area contributed by atoms with E-state index in [0.29, 0.717) is 6.54 Å². The number of rotatable bonds is 4. The molecule has 0 aromatic carbocycles. The molecule has 86 valence electrons. The Morgan fingerprint density at radius 2 is 2.38 bits per heavy atom. The standard InChI is InChI=1S/C11H14N2O2S/c1-13(5-4-11(14)15)10-3-2-8-6-16-7-9(8)12-10/h2-3H,4-7H2,1H3,(H,14,15). The number of carboxylic acid groups (broad SMARTS) is 1. The van der Waals surface area contributed by atoms with Gasteiger partial charge in [0.15, 0.2) is 0 Å². The number of hydrogen-bond acceptors (Lipinski definition) is 4. The van der Waals surface area contributed by atoms with Crippen LogP contribution in [0.5, 0.6) is 0 Å². The van der Waals surface area contributed by atoms with Crippen LogP contribution in [0, 0.1) is 0 Å². The van der Waals surface area contributed by atoms with Crippen LogP contribution in [0.1, 0.15) is 17.7 Å². The van der Waals surface area contributed by atoms with Crippen LogP contribution in [0.25, 0.3) is 0 Å². The molecular weight excluding hydrogens is 224 g/mol. The highest BCUT2D eigenvalue weighted by Crippen LogP contribution is 2.29. The molecule has 0 saturated carbocycles. The third kappa shape index (κ3) is 2.47. The third-order valence-electron chi connectivity index (χ3n) is 2.60. The van der Waals surface area contributed by atoms with E-state index < -0.39 is 5.97 Å². The Morgan fingerprint density at radius 3 is 3.12 bits per heavy atom.